The molecule has 0 bridgehead atoms. The Morgan fingerprint density at radius 1 is 0.923 bits per heavy atom. The molecule has 1 aliphatic rings. The molecule has 0 spiro atoms. The van der Waals surface area contributed by atoms with E-state index in [4.69, 9.17) is 5.73 Å². The van der Waals surface area contributed by atoms with Crippen LogP contribution in [0.2, 0.25) is 0 Å². The average molecular weight is 397 g/mol. The number of hydrogen-bond acceptors (Lipinski definition) is 3. The number of benzene rings is 2. The third kappa shape index (κ3) is 5.45. The van der Waals surface area contributed by atoms with Crippen LogP contribution in [0, 0.1) is 0 Å². The highest BCUT2D eigenvalue weighted by atomic mass is 35.5. The predicted molar refractivity (Wildman–Crippen MR) is 113 cm³/mol. The van der Waals surface area contributed by atoms with Crippen LogP contribution in [0.25, 0.3) is 0 Å². The second-order valence-corrected chi connectivity index (χ2v) is 6.89. The average Bonchev–Trinajstić information content (AvgIpc) is 2.64. The molecule has 0 amide bonds. The summed E-state index contributed by atoms with van der Waals surface area (Å²) in [5.74, 6) is 0.627. The van der Waals surface area contributed by atoms with Gasteiger partial charge < -0.3 is 10.8 Å². The van der Waals surface area contributed by atoms with Gasteiger partial charge in [-0.1, -0.05) is 60.7 Å². The van der Waals surface area contributed by atoms with E-state index in [9.17, 15) is 5.11 Å². The second-order valence-electron chi connectivity index (χ2n) is 6.89. The molecule has 1 saturated heterocycles. The van der Waals surface area contributed by atoms with Crippen LogP contribution in [0.3, 0.4) is 0 Å². The van der Waals surface area contributed by atoms with Gasteiger partial charge in [0.25, 0.3) is 0 Å². The molecule has 2 aromatic carbocycles. The lowest BCUT2D eigenvalue weighted by atomic mass is 9.86. The minimum absolute atomic E-state index is 0. The van der Waals surface area contributed by atoms with E-state index in [0.717, 1.165) is 25.9 Å². The maximum Gasteiger partial charge on any atom is 0.0681 e. The van der Waals surface area contributed by atoms with E-state index in [0.29, 0.717) is 5.92 Å². The number of aliphatic hydroxyl groups excluding tert-OH is 1. The van der Waals surface area contributed by atoms with Gasteiger partial charge in [0.1, 0.15) is 0 Å². The molecule has 1 heterocycles. The minimum Gasteiger partial charge on any atom is -0.392 e. The zero-order valence-corrected chi connectivity index (χ0v) is 16.8. The molecule has 1 fully saturated rings. The number of aliphatic hydroxyl groups is 1. The summed E-state index contributed by atoms with van der Waals surface area (Å²) in [6.07, 6.45) is 1.75. The molecule has 2 aromatic rings. The Morgan fingerprint density at radius 2 is 1.42 bits per heavy atom. The van der Waals surface area contributed by atoms with Crippen molar-refractivity contribution in [2.24, 2.45) is 5.73 Å². The number of hydrogen-bond donors (Lipinski definition) is 2. The molecular weight excluding hydrogens is 367 g/mol. The number of piperidine rings is 1. The topological polar surface area (TPSA) is 49.5 Å². The number of nitrogens with zero attached hydrogens (tertiary/aromatic N) is 1. The van der Waals surface area contributed by atoms with Crippen molar-refractivity contribution in [3.05, 3.63) is 71.8 Å². The van der Waals surface area contributed by atoms with Gasteiger partial charge in [0.2, 0.25) is 0 Å². The standard InChI is InChI=1S/C21H28N2O.2ClH/c1-16(24)20(22)21(19-10-6-3-7-11-19)23-14-12-18(13-15-23)17-8-4-2-5-9-17;;/h2-11,16,18,20-21,24H,12-15,22H2,1H3;2*1H/t16-,20+,21-;;/m1../s1. The van der Waals surface area contributed by atoms with E-state index in [1.807, 2.05) is 18.2 Å². The highest BCUT2D eigenvalue weighted by Gasteiger charge is 2.32. The van der Waals surface area contributed by atoms with E-state index in [2.05, 4.69) is 47.4 Å². The number of halogens is 2. The SMILES string of the molecule is C[C@@H](O)[C@H](N)[C@@H](c1ccccc1)N1CCC(c2ccccc2)CC1.Cl.Cl. The molecule has 26 heavy (non-hydrogen) atoms. The van der Waals surface area contributed by atoms with Crippen LogP contribution in [-0.2, 0) is 0 Å². The molecule has 0 aliphatic carbocycles. The van der Waals surface area contributed by atoms with Crippen LogP contribution in [-0.4, -0.2) is 35.2 Å². The molecule has 0 aromatic heterocycles. The summed E-state index contributed by atoms with van der Waals surface area (Å²) in [5, 5.41) is 10.1. The van der Waals surface area contributed by atoms with Gasteiger partial charge in [0.15, 0.2) is 0 Å². The number of nitrogens with two attached hydrogens (primary N) is 1. The molecule has 1 aliphatic heterocycles. The molecule has 0 radical (unpaired) electrons. The van der Waals surface area contributed by atoms with Crippen molar-refractivity contribution in [1.82, 2.24) is 4.90 Å². The Kier molecular flexibility index (Phi) is 9.62. The summed E-state index contributed by atoms with van der Waals surface area (Å²) >= 11 is 0. The fourth-order valence-electron chi connectivity index (χ4n) is 3.83. The monoisotopic (exact) mass is 396 g/mol. The maximum atomic E-state index is 10.1. The van der Waals surface area contributed by atoms with E-state index in [1.165, 1.54) is 11.1 Å². The minimum atomic E-state index is -0.526. The number of rotatable bonds is 5. The predicted octanol–water partition coefficient (Wildman–Crippen LogP) is 4.16. The molecule has 3 rings (SSSR count). The lowest BCUT2D eigenvalue weighted by Crippen LogP contribution is -2.48. The highest BCUT2D eigenvalue weighted by molar-refractivity contribution is 5.85. The molecular formula is C21H30Cl2N2O. The van der Waals surface area contributed by atoms with Gasteiger partial charge in [-0.15, -0.1) is 24.8 Å². The lowest BCUT2D eigenvalue weighted by molar-refractivity contribution is 0.0719. The summed E-state index contributed by atoms with van der Waals surface area (Å²) in [5.41, 5.74) is 9.01. The van der Waals surface area contributed by atoms with E-state index < -0.39 is 6.10 Å². The molecule has 144 valence electrons. The highest BCUT2D eigenvalue weighted by Crippen LogP contribution is 2.33. The maximum absolute atomic E-state index is 10.1. The van der Waals surface area contributed by atoms with Gasteiger partial charge >= 0.3 is 0 Å². The fraction of sp³-hybridized carbons (Fsp3) is 0.429. The first-order chi connectivity index (χ1) is 11.7. The molecule has 3 N–H and O–H groups in total. The van der Waals surface area contributed by atoms with Crippen molar-refractivity contribution in [1.29, 1.82) is 0 Å². The van der Waals surface area contributed by atoms with Crippen LogP contribution < -0.4 is 5.73 Å². The van der Waals surface area contributed by atoms with E-state index >= 15 is 0 Å². The summed E-state index contributed by atoms with van der Waals surface area (Å²) in [7, 11) is 0. The normalized spacial score (nSPS) is 18.9. The molecule has 3 atom stereocenters. The third-order valence-electron chi connectivity index (χ3n) is 5.26. The Balaban J connectivity index is 0.00000169. The van der Waals surface area contributed by atoms with Gasteiger partial charge in [-0.2, -0.15) is 0 Å². The lowest BCUT2D eigenvalue weighted by Gasteiger charge is -2.41. The quantitative estimate of drug-likeness (QED) is 0.797. The van der Waals surface area contributed by atoms with E-state index in [-0.39, 0.29) is 36.9 Å². The molecule has 0 saturated carbocycles. The third-order valence-corrected chi connectivity index (χ3v) is 5.26. The molecule has 5 heteroatoms. The summed E-state index contributed by atoms with van der Waals surface area (Å²) in [6.45, 7) is 3.82. The zero-order valence-electron chi connectivity index (χ0n) is 15.2. The Bertz CT molecular complexity index is 616. The van der Waals surface area contributed by atoms with E-state index in [1.54, 1.807) is 6.92 Å². The molecule has 3 nitrogen and oxygen atoms in total. The van der Waals surface area contributed by atoms with Gasteiger partial charge in [-0.25, -0.2) is 0 Å². The van der Waals surface area contributed by atoms with Crippen molar-refractivity contribution in [3.8, 4) is 0 Å². The first-order valence-electron chi connectivity index (χ1n) is 8.94. The summed E-state index contributed by atoms with van der Waals surface area (Å²) in [4.78, 5) is 2.45. The Labute approximate surface area is 169 Å². The van der Waals surface area contributed by atoms with Crippen molar-refractivity contribution in [2.75, 3.05) is 13.1 Å². The molecule has 0 unspecified atom stereocenters. The largest absolute Gasteiger partial charge is 0.392 e. The van der Waals surface area contributed by atoms with Crippen molar-refractivity contribution in [3.63, 3.8) is 0 Å². The summed E-state index contributed by atoms with van der Waals surface area (Å²) in [6, 6.07) is 20.9. The van der Waals surface area contributed by atoms with Crippen LogP contribution in [0.5, 0.6) is 0 Å². The fourth-order valence-corrected chi connectivity index (χ4v) is 3.83. The van der Waals surface area contributed by atoms with Crippen LogP contribution in [0.4, 0.5) is 0 Å². The van der Waals surface area contributed by atoms with Gasteiger partial charge in [0, 0.05) is 0 Å². The smallest absolute Gasteiger partial charge is 0.0681 e. The summed E-state index contributed by atoms with van der Waals surface area (Å²) < 4.78 is 0. The van der Waals surface area contributed by atoms with Gasteiger partial charge in [-0.3, -0.25) is 4.90 Å². The first kappa shape index (κ1) is 22.9. The van der Waals surface area contributed by atoms with Gasteiger partial charge in [0.05, 0.1) is 18.2 Å². The first-order valence-corrected chi connectivity index (χ1v) is 8.94. The van der Waals surface area contributed by atoms with Crippen molar-refractivity contribution < 1.29 is 5.11 Å². The Hall–Kier alpha value is -1.10. The van der Waals surface area contributed by atoms with Crippen LogP contribution in [0.15, 0.2) is 60.7 Å². The Morgan fingerprint density at radius 3 is 1.92 bits per heavy atom. The van der Waals surface area contributed by atoms with Crippen molar-refractivity contribution >= 4 is 24.8 Å². The van der Waals surface area contributed by atoms with Crippen LogP contribution in [0.1, 0.15) is 42.9 Å². The van der Waals surface area contributed by atoms with Crippen molar-refractivity contribution in [2.45, 2.75) is 43.9 Å². The second kappa shape index (κ2) is 10.9. The number of likely N-dealkylation sites (tertiary alicyclic amines) is 1. The van der Waals surface area contributed by atoms with Crippen LogP contribution >= 0.6 is 24.8 Å². The zero-order chi connectivity index (χ0) is 16.9. The van der Waals surface area contributed by atoms with Gasteiger partial charge in [-0.05, 0) is 49.9 Å².